The van der Waals surface area contributed by atoms with E-state index >= 15 is 0 Å². The van der Waals surface area contributed by atoms with Crippen molar-refractivity contribution < 1.29 is 14.7 Å². The Bertz CT molecular complexity index is 1090. The summed E-state index contributed by atoms with van der Waals surface area (Å²) in [5.74, 6) is -1.83. The number of aromatic nitrogens is 2. The zero-order valence-electron chi connectivity index (χ0n) is 17.3. The van der Waals surface area contributed by atoms with Crippen molar-refractivity contribution in [1.82, 2.24) is 9.55 Å². The van der Waals surface area contributed by atoms with Crippen LogP contribution in [-0.4, -0.2) is 33.0 Å². The minimum absolute atomic E-state index is 0.0445. The van der Waals surface area contributed by atoms with Crippen molar-refractivity contribution in [2.45, 2.75) is 38.8 Å². The van der Waals surface area contributed by atoms with Crippen LogP contribution in [0.25, 0.3) is 0 Å². The summed E-state index contributed by atoms with van der Waals surface area (Å²) in [5, 5.41) is 9.77. The number of fused-ring (bicyclic) bond motifs is 1. The summed E-state index contributed by atoms with van der Waals surface area (Å²) < 4.78 is 2.00. The van der Waals surface area contributed by atoms with Crippen molar-refractivity contribution in [3.8, 4) is 0 Å². The highest BCUT2D eigenvalue weighted by atomic mass is 16.4. The van der Waals surface area contributed by atoms with Gasteiger partial charge >= 0.3 is 5.97 Å². The van der Waals surface area contributed by atoms with Gasteiger partial charge in [-0.05, 0) is 38.5 Å². The maximum atomic E-state index is 13.9. The van der Waals surface area contributed by atoms with Crippen LogP contribution in [0, 0.1) is 0 Å². The Kier molecular flexibility index (Phi) is 5.16. The molecule has 0 saturated heterocycles. The maximum absolute atomic E-state index is 13.9. The number of carbonyl (C=O) groups excluding carboxylic acids is 1. The fourth-order valence-corrected chi connectivity index (χ4v) is 4.52. The summed E-state index contributed by atoms with van der Waals surface area (Å²) in [4.78, 5) is 32.3. The molecule has 0 radical (unpaired) electrons. The molecular weight excluding hydrogens is 378 g/mol. The summed E-state index contributed by atoms with van der Waals surface area (Å²) in [6.45, 7) is 6.75. The normalized spacial score (nSPS) is 18.5. The van der Waals surface area contributed by atoms with Crippen molar-refractivity contribution in [2.75, 3.05) is 11.4 Å². The lowest BCUT2D eigenvalue weighted by atomic mass is 9.77. The quantitative estimate of drug-likeness (QED) is 0.668. The molecule has 6 heteroatoms. The molecule has 2 heterocycles. The van der Waals surface area contributed by atoms with Crippen LogP contribution < -0.4 is 4.90 Å². The lowest BCUT2D eigenvalue weighted by Gasteiger charge is -2.43. The van der Waals surface area contributed by atoms with E-state index < -0.39 is 11.9 Å². The largest absolute Gasteiger partial charge is 0.478 e. The molecule has 2 aromatic carbocycles. The van der Waals surface area contributed by atoms with E-state index in [4.69, 9.17) is 0 Å². The number of carbonyl (C=O) groups is 2. The Labute approximate surface area is 175 Å². The van der Waals surface area contributed by atoms with Crippen molar-refractivity contribution in [2.24, 2.45) is 0 Å². The summed E-state index contributed by atoms with van der Waals surface area (Å²) in [5.41, 5.74) is 2.81. The molecule has 1 aromatic heterocycles. The number of nitrogens with zero attached hydrogens (tertiary/aromatic N) is 3. The Balaban J connectivity index is 2.02. The highest BCUT2D eigenvalue weighted by Crippen LogP contribution is 2.47. The van der Waals surface area contributed by atoms with Crippen LogP contribution in [-0.2, 0) is 0 Å². The van der Waals surface area contributed by atoms with Crippen molar-refractivity contribution in [3.05, 3.63) is 83.4 Å². The molecule has 2 unspecified atom stereocenters. The monoisotopic (exact) mass is 403 g/mol. The third kappa shape index (κ3) is 3.09. The van der Waals surface area contributed by atoms with E-state index in [2.05, 4.69) is 9.88 Å². The van der Waals surface area contributed by atoms with Gasteiger partial charge in [-0.25, -0.2) is 9.78 Å². The molecule has 4 rings (SSSR count). The number of hydrogen-bond acceptors (Lipinski definition) is 4. The molecule has 0 amide bonds. The fraction of sp³-hybridized carbons (Fsp3) is 0.292. The molecule has 154 valence electrons. The van der Waals surface area contributed by atoms with Gasteiger partial charge in [0.05, 0.1) is 35.1 Å². The van der Waals surface area contributed by atoms with Crippen molar-refractivity contribution in [3.63, 3.8) is 0 Å². The van der Waals surface area contributed by atoms with E-state index in [0.717, 1.165) is 11.3 Å². The topological polar surface area (TPSA) is 75.4 Å². The van der Waals surface area contributed by atoms with Gasteiger partial charge in [0, 0.05) is 24.5 Å². The van der Waals surface area contributed by atoms with Gasteiger partial charge in [-0.2, -0.15) is 0 Å². The number of Topliss-reactive ketones (excluding diaryl/α,β-unsaturated/α-hetero) is 1. The van der Waals surface area contributed by atoms with Gasteiger partial charge in [-0.15, -0.1) is 0 Å². The number of hydrogen-bond donors (Lipinski definition) is 1. The van der Waals surface area contributed by atoms with Crippen LogP contribution in [0.3, 0.4) is 0 Å². The van der Waals surface area contributed by atoms with Gasteiger partial charge < -0.3 is 14.6 Å². The summed E-state index contributed by atoms with van der Waals surface area (Å²) in [6, 6.07) is 14.9. The standard InChI is InChI=1S/C24H25N3O3/c1-4-26-18-12-8-11-17(24(29)30)20(18)23(28)21(19-13-25-14-27(19)15(2)3)22(26)16-9-6-5-7-10-16/h5-15,21-22H,4H2,1-3H3,(H,29,30). The number of anilines is 1. The lowest BCUT2D eigenvalue weighted by molar-refractivity contribution is 0.0690. The van der Waals surface area contributed by atoms with E-state index in [1.807, 2.05) is 61.7 Å². The van der Waals surface area contributed by atoms with Crippen LogP contribution in [0.4, 0.5) is 5.69 Å². The molecule has 6 nitrogen and oxygen atoms in total. The molecule has 1 N–H and O–H groups in total. The zero-order chi connectivity index (χ0) is 21.4. The number of rotatable bonds is 5. The number of likely N-dealkylation sites (N-methyl/N-ethyl adjacent to an activating group) is 1. The first-order chi connectivity index (χ1) is 14.5. The molecule has 3 aromatic rings. The second-order valence-electron chi connectivity index (χ2n) is 7.81. The molecule has 2 atom stereocenters. The van der Waals surface area contributed by atoms with Gasteiger partial charge in [0.1, 0.15) is 0 Å². The van der Waals surface area contributed by atoms with Gasteiger partial charge in [0.2, 0.25) is 0 Å². The van der Waals surface area contributed by atoms with Crippen LogP contribution in [0.5, 0.6) is 0 Å². The second kappa shape index (κ2) is 7.78. The summed E-state index contributed by atoms with van der Waals surface area (Å²) >= 11 is 0. The minimum atomic E-state index is -1.09. The van der Waals surface area contributed by atoms with E-state index in [0.29, 0.717) is 12.2 Å². The first kappa shape index (κ1) is 19.9. The van der Waals surface area contributed by atoms with Crippen LogP contribution in [0.2, 0.25) is 0 Å². The summed E-state index contributed by atoms with van der Waals surface area (Å²) in [7, 11) is 0. The van der Waals surface area contributed by atoms with E-state index in [1.54, 1.807) is 18.6 Å². The molecule has 0 fully saturated rings. The Hall–Kier alpha value is -3.41. The number of carboxylic acid groups (broad SMARTS) is 1. The Morgan fingerprint density at radius 3 is 2.50 bits per heavy atom. The predicted octanol–water partition coefficient (Wildman–Crippen LogP) is 4.71. The molecule has 1 aliphatic heterocycles. The fourth-order valence-electron chi connectivity index (χ4n) is 4.52. The molecule has 0 aliphatic carbocycles. The lowest BCUT2D eigenvalue weighted by Crippen LogP contribution is -2.42. The highest BCUT2D eigenvalue weighted by Gasteiger charge is 2.44. The molecule has 30 heavy (non-hydrogen) atoms. The zero-order valence-corrected chi connectivity index (χ0v) is 17.3. The van der Waals surface area contributed by atoms with E-state index in [-0.39, 0.29) is 29.0 Å². The first-order valence-electron chi connectivity index (χ1n) is 10.2. The SMILES string of the molecule is CCN1c2cccc(C(=O)O)c2C(=O)C(c2cncn2C(C)C)C1c1ccccc1. The van der Waals surface area contributed by atoms with Crippen LogP contribution in [0.1, 0.15) is 70.7 Å². The van der Waals surface area contributed by atoms with Gasteiger partial charge in [0.25, 0.3) is 0 Å². The molecule has 0 spiro atoms. The number of aromatic carboxylic acids is 1. The summed E-state index contributed by atoms with van der Waals surface area (Å²) in [6.07, 6.45) is 3.48. The van der Waals surface area contributed by atoms with E-state index in [9.17, 15) is 14.7 Å². The minimum Gasteiger partial charge on any atom is -0.478 e. The number of benzene rings is 2. The maximum Gasteiger partial charge on any atom is 0.336 e. The van der Waals surface area contributed by atoms with Gasteiger partial charge in [0.15, 0.2) is 5.78 Å². The molecule has 1 aliphatic rings. The number of imidazole rings is 1. The number of ketones is 1. The smallest absolute Gasteiger partial charge is 0.336 e. The van der Waals surface area contributed by atoms with Crippen LogP contribution >= 0.6 is 0 Å². The van der Waals surface area contributed by atoms with Gasteiger partial charge in [-0.1, -0.05) is 36.4 Å². The van der Waals surface area contributed by atoms with Gasteiger partial charge in [-0.3, -0.25) is 4.79 Å². The van der Waals surface area contributed by atoms with Crippen molar-refractivity contribution >= 4 is 17.4 Å². The Morgan fingerprint density at radius 2 is 1.87 bits per heavy atom. The molecule has 0 bridgehead atoms. The van der Waals surface area contributed by atoms with Crippen LogP contribution in [0.15, 0.2) is 61.1 Å². The third-order valence-corrected chi connectivity index (χ3v) is 5.82. The molecular formula is C24H25N3O3. The second-order valence-corrected chi connectivity index (χ2v) is 7.81. The molecule has 0 saturated carbocycles. The van der Waals surface area contributed by atoms with E-state index in [1.165, 1.54) is 6.07 Å². The number of carboxylic acids is 1. The van der Waals surface area contributed by atoms with Crippen molar-refractivity contribution in [1.29, 1.82) is 0 Å². The average Bonchev–Trinajstić information content (AvgIpc) is 3.23. The average molecular weight is 403 g/mol. The predicted molar refractivity (Wildman–Crippen MR) is 115 cm³/mol. The highest BCUT2D eigenvalue weighted by molar-refractivity contribution is 6.14. The first-order valence-corrected chi connectivity index (χ1v) is 10.2. The Morgan fingerprint density at radius 1 is 1.13 bits per heavy atom. The third-order valence-electron chi connectivity index (χ3n) is 5.82.